The van der Waals surface area contributed by atoms with Crippen molar-refractivity contribution in [1.82, 2.24) is 5.32 Å². The Hall–Kier alpha value is -0.780. The van der Waals surface area contributed by atoms with Gasteiger partial charge >= 0.3 is 0 Å². The molecule has 0 aromatic carbocycles. The van der Waals surface area contributed by atoms with Gasteiger partial charge in [-0.3, -0.25) is 0 Å². The van der Waals surface area contributed by atoms with E-state index in [0.29, 0.717) is 0 Å². The van der Waals surface area contributed by atoms with Crippen LogP contribution in [0.1, 0.15) is 21.7 Å². The van der Waals surface area contributed by atoms with Crippen LogP contribution >= 0.6 is 11.3 Å². The number of aryl methyl sites for hydroxylation is 2. The molecule has 0 atom stereocenters. The summed E-state index contributed by atoms with van der Waals surface area (Å²) in [4.78, 5) is 2.81. The Morgan fingerprint density at radius 3 is 2.85 bits per heavy atom. The minimum Gasteiger partial charge on any atom is -0.311 e. The number of hydrogen-bond acceptors (Lipinski definition) is 2. The highest BCUT2D eigenvalue weighted by atomic mass is 32.1. The Balaban J connectivity index is 2.34. The third-order valence-corrected chi connectivity index (χ3v) is 3.11. The fourth-order valence-corrected chi connectivity index (χ4v) is 2.13. The molecule has 0 bridgehead atoms. The van der Waals surface area contributed by atoms with E-state index in [9.17, 15) is 0 Å². The van der Waals surface area contributed by atoms with Gasteiger partial charge < -0.3 is 5.32 Å². The van der Waals surface area contributed by atoms with Gasteiger partial charge in [0.25, 0.3) is 0 Å². The SMILES string of the molecule is C#CCCNCc1cc(C)c(C)s1. The van der Waals surface area contributed by atoms with Gasteiger partial charge in [0.2, 0.25) is 0 Å². The van der Waals surface area contributed by atoms with Gasteiger partial charge in [-0.15, -0.1) is 23.7 Å². The maximum absolute atomic E-state index is 5.15. The van der Waals surface area contributed by atoms with Crippen molar-refractivity contribution in [2.75, 3.05) is 6.54 Å². The fraction of sp³-hybridized carbons (Fsp3) is 0.455. The lowest BCUT2D eigenvalue weighted by atomic mass is 10.3. The van der Waals surface area contributed by atoms with Gasteiger partial charge in [0.15, 0.2) is 0 Å². The normalized spacial score (nSPS) is 9.92. The summed E-state index contributed by atoms with van der Waals surface area (Å²) in [5.74, 6) is 2.61. The molecule has 13 heavy (non-hydrogen) atoms. The number of nitrogens with one attached hydrogen (secondary N) is 1. The fourth-order valence-electron chi connectivity index (χ4n) is 1.11. The van der Waals surface area contributed by atoms with Gasteiger partial charge in [0.05, 0.1) is 0 Å². The molecule has 0 aliphatic carbocycles. The molecule has 2 heteroatoms. The second kappa shape index (κ2) is 5.06. The van der Waals surface area contributed by atoms with Gasteiger partial charge in [-0.1, -0.05) is 0 Å². The Kier molecular flexibility index (Phi) is 4.01. The van der Waals surface area contributed by atoms with Crippen LogP contribution in [0.4, 0.5) is 0 Å². The van der Waals surface area contributed by atoms with Crippen molar-refractivity contribution in [3.05, 3.63) is 21.4 Å². The summed E-state index contributed by atoms with van der Waals surface area (Å²) in [5, 5.41) is 3.31. The predicted octanol–water partition coefficient (Wildman–Crippen LogP) is 2.48. The molecule has 0 fully saturated rings. The molecule has 0 amide bonds. The maximum Gasteiger partial charge on any atom is 0.0300 e. The highest BCUT2D eigenvalue weighted by Gasteiger charge is 1.99. The van der Waals surface area contributed by atoms with Crippen molar-refractivity contribution in [1.29, 1.82) is 0 Å². The first-order valence-electron chi connectivity index (χ1n) is 4.44. The Morgan fingerprint density at radius 2 is 2.31 bits per heavy atom. The molecule has 0 aliphatic rings. The zero-order valence-electron chi connectivity index (χ0n) is 8.18. The molecule has 1 N–H and O–H groups in total. The van der Waals surface area contributed by atoms with E-state index in [2.05, 4.69) is 31.2 Å². The van der Waals surface area contributed by atoms with Gasteiger partial charge in [-0.25, -0.2) is 0 Å². The summed E-state index contributed by atoms with van der Waals surface area (Å²) >= 11 is 1.86. The summed E-state index contributed by atoms with van der Waals surface area (Å²) in [5.41, 5.74) is 1.39. The molecule has 1 heterocycles. The lowest BCUT2D eigenvalue weighted by Crippen LogP contribution is -2.13. The van der Waals surface area contributed by atoms with E-state index < -0.39 is 0 Å². The lowest BCUT2D eigenvalue weighted by Gasteiger charge is -1.97. The van der Waals surface area contributed by atoms with Crippen LogP contribution in [0.5, 0.6) is 0 Å². The molecule has 0 aliphatic heterocycles. The Morgan fingerprint density at radius 1 is 1.54 bits per heavy atom. The van der Waals surface area contributed by atoms with Gasteiger partial charge in [0.1, 0.15) is 0 Å². The standard InChI is InChI=1S/C11H15NS/c1-4-5-6-12-8-11-7-9(2)10(3)13-11/h1,7,12H,5-6,8H2,2-3H3. The predicted molar refractivity (Wildman–Crippen MR) is 58.9 cm³/mol. The molecule has 1 rings (SSSR count). The summed E-state index contributed by atoms with van der Waals surface area (Å²) in [6, 6.07) is 2.24. The molecule has 1 aromatic rings. The largest absolute Gasteiger partial charge is 0.311 e. The van der Waals surface area contributed by atoms with Crippen molar-refractivity contribution in [3.63, 3.8) is 0 Å². The molecule has 70 valence electrons. The highest BCUT2D eigenvalue weighted by Crippen LogP contribution is 2.19. The van der Waals surface area contributed by atoms with Crippen LogP contribution in [0.3, 0.4) is 0 Å². The molecule has 0 saturated heterocycles. The van der Waals surface area contributed by atoms with E-state index in [0.717, 1.165) is 19.5 Å². The van der Waals surface area contributed by atoms with E-state index in [1.807, 2.05) is 11.3 Å². The van der Waals surface area contributed by atoms with Gasteiger partial charge in [-0.2, -0.15) is 0 Å². The third-order valence-electron chi connectivity index (χ3n) is 1.96. The zero-order chi connectivity index (χ0) is 9.68. The van der Waals surface area contributed by atoms with Crippen molar-refractivity contribution < 1.29 is 0 Å². The maximum atomic E-state index is 5.15. The monoisotopic (exact) mass is 193 g/mol. The van der Waals surface area contributed by atoms with Crippen LogP contribution in [0, 0.1) is 26.2 Å². The minimum absolute atomic E-state index is 0.809. The van der Waals surface area contributed by atoms with Crippen LogP contribution in [0.2, 0.25) is 0 Å². The van der Waals surface area contributed by atoms with E-state index in [1.165, 1.54) is 15.3 Å². The molecule has 0 spiro atoms. The summed E-state index contributed by atoms with van der Waals surface area (Å²) < 4.78 is 0. The highest BCUT2D eigenvalue weighted by molar-refractivity contribution is 7.12. The van der Waals surface area contributed by atoms with Crippen LogP contribution in [0.25, 0.3) is 0 Å². The van der Waals surface area contributed by atoms with Gasteiger partial charge in [-0.05, 0) is 25.5 Å². The molecule has 0 saturated carbocycles. The number of terminal acetylenes is 1. The van der Waals surface area contributed by atoms with Crippen LogP contribution in [-0.2, 0) is 6.54 Å². The van der Waals surface area contributed by atoms with E-state index in [1.54, 1.807) is 0 Å². The van der Waals surface area contributed by atoms with E-state index in [-0.39, 0.29) is 0 Å². The third kappa shape index (κ3) is 3.22. The number of hydrogen-bond donors (Lipinski definition) is 1. The Bertz CT molecular complexity index is 287. The van der Waals surface area contributed by atoms with Gasteiger partial charge in [0, 0.05) is 29.3 Å². The Labute approximate surface area is 84.2 Å². The lowest BCUT2D eigenvalue weighted by molar-refractivity contribution is 0.708. The van der Waals surface area contributed by atoms with E-state index in [4.69, 9.17) is 6.42 Å². The average molecular weight is 193 g/mol. The average Bonchev–Trinajstić information content (AvgIpc) is 2.41. The quantitative estimate of drug-likeness (QED) is 0.572. The molecule has 0 unspecified atom stereocenters. The number of thiophene rings is 1. The second-order valence-electron chi connectivity index (χ2n) is 3.08. The summed E-state index contributed by atoms with van der Waals surface area (Å²) in [6.07, 6.45) is 5.96. The zero-order valence-corrected chi connectivity index (χ0v) is 9.00. The van der Waals surface area contributed by atoms with Crippen molar-refractivity contribution >= 4 is 11.3 Å². The van der Waals surface area contributed by atoms with E-state index >= 15 is 0 Å². The molecule has 0 radical (unpaired) electrons. The molecular formula is C11H15NS. The second-order valence-corrected chi connectivity index (χ2v) is 4.42. The summed E-state index contributed by atoms with van der Waals surface area (Å²) in [7, 11) is 0. The van der Waals surface area contributed by atoms with Crippen LogP contribution in [0.15, 0.2) is 6.07 Å². The summed E-state index contributed by atoms with van der Waals surface area (Å²) in [6.45, 7) is 6.16. The first-order chi connectivity index (χ1) is 6.24. The topological polar surface area (TPSA) is 12.0 Å². The first kappa shape index (κ1) is 10.3. The number of rotatable bonds is 4. The molecular weight excluding hydrogens is 178 g/mol. The van der Waals surface area contributed by atoms with Crippen molar-refractivity contribution in [3.8, 4) is 12.3 Å². The van der Waals surface area contributed by atoms with Crippen molar-refractivity contribution in [2.45, 2.75) is 26.8 Å². The first-order valence-corrected chi connectivity index (χ1v) is 5.25. The minimum atomic E-state index is 0.809. The van der Waals surface area contributed by atoms with Crippen LogP contribution in [-0.4, -0.2) is 6.54 Å². The van der Waals surface area contributed by atoms with Crippen molar-refractivity contribution in [2.24, 2.45) is 0 Å². The molecule has 1 nitrogen and oxygen atoms in total. The van der Waals surface area contributed by atoms with Crippen LogP contribution < -0.4 is 5.32 Å². The smallest absolute Gasteiger partial charge is 0.0300 e. The molecule has 1 aromatic heterocycles.